The van der Waals surface area contributed by atoms with Gasteiger partial charge in [0.25, 0.3) is 10.0 Å². The molecule has 0 saturated heterocycles. The van der Waals surface area contributed by atoms with Crippen LogP contribution in [0.3, 0.4) is 0 Å². The van der Waals surface area contributed by atoms with E-state index >= 15 is 0 Å². The second kappa shape index (κ2) is 8.86. The molecule has 0 radical (unpaired) electrons. The Hall–Kier alpha value is -2.62. The van der Waals surface area contributed by atoms with Crippen LogP contribution in [0.2, 0.25) is 0 Å². The standard InChI is InChI=1S/C22H19BrN2O4S2/c1-28-17-7-6-16(21(13-17)29-2)14-25(22-24-10-11-30-22)31(26,27)18-8-9-19-15(12-18)4-3-5-20(19)23/h3-13H,14H2,1-2H3. The molecule has 0 fully saturated rings. The van der Waals surface area contributed by atoms with E-state index in [1.807, 2.05) is 18.2 Å². The minimum absolute atomic E-state index is 0.0690. The summed E-state index contributed by atoms with van der Waals surface area (Å²) in [4.78, 5) is 4.46. The molecule has 4 rings (SSSR count). The molecule has 0 unspecified atom stereocenters. The molecule has 9 heteroatoms. The van der Waals surface area contributed by atoms with Crippen molar-refractivity contribution in [2.45, 2.75) is 11.4 Å². The molecular formula is C22H19BrN2O4S2. The number of hydrogen-bond donors (Lipinski definition) is 0. The summed E-state index contributed by atoms with van der Waals surface area (Å²) in [6.45, 7) is 0.0690. The Balaban J connectivity index is 1.80. The van der Waals surface area contributed by atoms with Crippen LogP contribution in [-0.4, -0.2) is 27.6 Å². The fourth-order valence-corrected chi connectivity index (χ4v) is 6.06. The summed E-state index contributed by atoms with van der Waals surface area (Å²) in [5.74, 6) is 1.17. The third-order valence-electron chi connectivity index (χ3n) is 4.83. The maximum absolute atomic E-state index is 13.7. The fraction of sp³-hybridized carbons (Fsp3) is 0.136. The molecule has 4 aromatic rings. The summed E-state index contributed by atoms with van der Waals surface area (Å²) in [7, 11) is -0.776. The van der Waals surface area contributed by atoms with Crippen molar-refractivity contribution in [3.05, 3.63) is 76.2 Å². The highest BCUT2D eigenvalue weighted by Gasteiger charge is 2.28. The molecule has 0 amide bonds. The SMILES string of the molecule is COc1ccc(CN(c2nccs2)S(=O)(=O)c2ccc3c(Br)cccc3c2)c(OC)c1. The Morgan fingerprint density at radius 3 is 2.61 bits per heavy atom. The van der Waals surface area contributed by atoms with Crippen molar-refractivity contribution in [2.75, 3.05) is 18.5 Å². The highest BCUT2D eigenvalue weighted by atomic mass is 79.9. The second-order valence-electron chi connectivity index (χ2n) is 6.63. The number of fused-ring (bicyclic) bond motifs is 1. The third kappa shape index (κ3) is 4.26. The molecule has 1 aromatic heterocycles. The van der Waals surface area contributed by atoms with E-state index in [0.717, 1.165) is 15.2 Å². The molecule has 0 atom stereocenters. The van der Waals surface area contributed by atoms with Crippen molar-refractivity contribution in [3.8, 4) is 11.5 Å². The number of benzene rings is 3. The normalized spacial score (nSPS) is 11.5. The quantitative estimate of drug-likeness (QED) is 0.324. The number of rotatable bonds is 7. The number of methoxy groups -OCH3 is 2. The Kier molecular flexibility index (Phi) is 6.17. The minimum atomic E-state index is -3.89. The van der Waals surface area contributed by atoms with E-state index in [4.69, 9.17) is 9.47 Å². The molecule has 1 heterocycles. The minimum Gasteiger partial charge on any atom is -0.497 e. The summed E-state index contributed by atoms with van der Waals surface area (Å²) in [6.07, 6.45) is 1.59. The van der Waals surface area contributed by atoms with E-state index < -0.39 is 10.0 Å². The van der Waals surface area contributed by atoms with Crippen molar-refractivity contribution in [2.24, 2.45) is 0 Å². The lowest BCUT2D eigenvalue weighted by Gasteiger charge is -2.23. The number of nitrogens with zero attached hydrogens (tertiary/aromatic N) is 2. The van der Waals surface area contributed by atoms with E-state index in [2.05, 4.69) is 20.9 Å². The van der Waals surface area contributed by atoms with Crippen LogP contribution >= 0.6 is 27.3 Å². The van der Waals surface area contributed by atoms with Crippen molar-refractivity contribution in [1.29, 1.82) is 0 Å². The van der Waals surface area contributed by atoms with E-state index in [1.54, 1.807) is 62.2 Å². The molecule has 0 aliphatic heterocycles. The first-order valence-corrected chi connectivity index (χ1v) is 12.4. The maximum atomic E-state index is 13.7. The second-order valence-corrected chi connectivity index (χ2v) is 10.2. The molecule has 0 N–H and O–H groups in total. The smallest absolute Gasteiger partial charge is 0.266 e. The highest BCUT2D eigenvalue weighted by molar-refractivity contribution is 9.10. The lowest BCUT2D eigenvalue weighted by Crippen LogP contribution is -2.30. The first-order valence-electron chi connectivity index (χ1n) is 9.25. The van der Waals surface area contributed by atoms with E-state index in [0.29, 0.717) is 22.2 Å². The van der Waals surface area contributed by atoms with Crippen molar-refractivity contribution < 1.29 is 17.9 Å². The van der Waals surface area contributed by atoms with Gasteiger partial charge in [-0.15, -0.1) is 11.3 Å². The Morgan fingerprint density at radius 2 is 1.90 bits per heavy atom. The number of hydrogen-bond acceptors (Lipinski definition) is 6. The van der Waals surface area contributed by atoms with Gasteiger partial charge < -0.3 is 9.47 Å². The number of sulfonamides is 1. The lowest BCUT2D eigenvalue weighted by atomic mass is 10.1. The highest BCUT2D eigenvalue weighted by Crippen LogP contribution is 2.33. The van der Waals surface area contributed by atoms with Crippen LogP contribution in [0.15, 0.2) is 75.5 Å². The molecule has 0 aliphatic rings. The zero-order valence-electron chi connectivity index (χ0n) is 16.8. The van der Waals surface area contributed by atoms with E-state index in [-0.39, 0.29) is 11.4 Å². The Labute approximate surface area is 193 Å². The van der Waals surface area contributed by atoms with Crippen molar-refractivity contribution in [3.63, 3.8) is 0 Å². The van der Waals surface area contributed by atoms with Gasteiger partial charge in [0.2, 0.25) is 0 Å². The monoisotopic (exact) mass is 518 g/mol. The number of aromatic nitrogens is 1. The largest absolute Gasteiger partial charge is 0.497 e. The van der Waals surface area contributed by atoms with Crippen LogP contribution in [0.5, 0.6) is 11.5 Å². The zero-order chi connectivity index (χ0) is 22.0. The summed E-state index contributed by atoms with van der Waals surface area (Å²) in [6, 6.07) is 16.1. The van der Waals surface area contributed by atoms with E-state index in [9.17, 15) is 8.42 Å². The molecule has 0 spiro atoms. The number of anilines is 1. The summed E-state index contributed by atoms with van der Waals surface area (Å²) in [5, 5.41) is 3.91. The first kappa shape index (κ1) is 21.6. The van der Waals surface area contributed by atoms with Gasteiger partial charge in [-0.05, 0) is 41.1 Å². The van der Waals surface area contributed by atoms with Gasteiger partial charge in [0.15, 0.2) is 5.13 Å². The van der Waals surface area contributed by atoms with Crippen LogP contribution < -0.4 is 13.8 Å². The molecule has 0 bridgehead atoms. The van der Waals surface area contributed by atoms with Crippen LogP contribution in [0.1, 0.15) is 5.56 Å². The topological polar surface area (TPSA) is 68.7 Å². The molecule has 160 valence electrons. The van der Waals surface area contributed by atoms with Gasteiger partial charge in [-0.1, -0.05) is 34.1 Å². The van der Waals surface area contributed by atoms with Crippen molar-refractivity contribution >= 4 is 53.2 Å². The lowest BCUT2D eigenvalue weighted by molar-refractivity contribution is 0.391. The van der Waals surface area contributed by atoms with Crippen LogP contribution in [-0.2, 0) is 16.6 Å². The van der Waals surface area contributed by atoms with Crippen LogP contribution in [0, 0.1) is 0 Å². The Morgan fingerprint density at radius 1 is 1.06 bits per heavy atom. The van der Waals surface area contributed by atoms with Gasteiger partial charge >= 0.3 is 0 Å². The molecular weight excluding hydrogens is 500 g/mol. The van der Waals surface area contributed by atoms with Gasteiger partial charge in [-0.25, -0.2) is 17.7 Å². The molecule has 31 heavy (non-hydrogen) atoms. The number of thiazole rings is 1. The predicted octanol–water partition coefficient (Wildman–Crippen LogP) is 5.47. The van der Waals surface area contributed by atoms with Gasteiger partial charge in [0, 0.05) is 27.7 Å². The predicted molar refractivity (Wildman–Crippen MR) is 127 cm³/mol. The number of ether oxygens (including phenoxy) is 2. The van der Waals surface area contributed by atoms with Gasteiger partial charge in [-0.3, -0.25) is 0 Å². The third-order valence-corrected chi connectivity index (χ3v) is 8.16. The average Bonchev–Trinajstić information content (AvgIpc) is 3.31. The first-order chi connectivity index (χ1) is 14.9. The van der Waals surface area contributed by atoms with Gasteiger partial charge in [0.1, 0.15) is 11.5 Å². The summed E-state index contributed by atoms with van der Waals surface area (Å²) >= 11 is 4.77. The zero-order valence-corrected chi connectivity index (χ0v) is 20.0. The van der Waals surface area contributed by atoms with Crippen molar-refractivity contribution in [1.82, 2.24) is 4.98 Å². The molecule has 3 aromatic carbocycles. The number of halogens is 1. The fourth-order valence-electron chi connectivity index (χ4n) is 3.24. The van der Waals surface area contributed by atoms with Crippen LogP contribution in [0.4, 0.5) is 5.13 Å². The van der Waals surface area contributed by atoms with Gasteiger partial charge in [-0.2, -0.15) is 0 Å². The molecule has 6 nitrogen and oxygen atoms in total. The average molecular weight is 519 g/mol. The van der Waals surface area contributed by atoms with Crippen LogP contribution in [0.25, 0.3) is 10.8 Å². The maximum Gasteiger partial charge on any atom is 0.266 e. The van der Waals surface area contributed by atoms with Gasteiger partial charge in [0.05, 0.1) is 25.7 Å². The van der Waals surface area contributed by atoms with E-state index in [1.165, 1.54) is 15.6 Å². The Bertz CT molecular complexity index is 1320. The summed E-state index contributed by atoms with van der Waals surface area (Å²) < 4.78 is 40.3. The molecule has 0 aliphatic carbocycles. The molecule has 0 saturated carbocycles. The summed E-state index contributed by atoms with van der Waals surface area (Å²) in [5.41, 5.74) is 0.700.